The summed E-state index contributed by atoms with van der Waals surface area (Å²) in [5, 5.41) is 0. The highest BCUT2D eigenvalue weighted by molar-refractivity contribution is 5.94. The van der Waals surface area contributed by atoms with Crippen molar-refractivity contribution >= 4 is 18.0 Å². The van der Waals surface area contributed by atoms with Crippen molar-refractivity contribution < 1.29 is 28.5 Å². The third kappa shape index (κ3) is 6.18. The molecule has 0 amide bonds. The van der Waals surface area contributed by atoms with Gasteiger partial charge in [-0.2, -0.15) is 0 Å². The summed E-state index contributed by atoms with van der Waals surface area (Å²) < 4.78 is 20.4. The molecule has 0 saturated carbocycles. The topological polar surface area (TPSA) is 71.1 Å². The molecule has 2 rings (SSSR count). The molecule has 0 bridgehead atoms. The molecular formula is C21H22O6. The van der Waals surface area contributed by atoms with Crippen molar-refractivity contribution in [3.05, 3.63) is 65.4 Å². The first-order valence-electron chi connectivity index (χ1n) is 8.42. The average Bonchev–Trinajstić information content (AvgIpc) is 2.68. The van der Waals surface area contributed by atoms with Gasteiger partial charge >= 0.3 is 11.9 Å². The minimum absolute atomic E-state index is 0.0172. The Morgan fingerprint density at radius 2 is 1.44 bits per heavy atom. The summed E-state index contributed by atoms with van der Waals surface area (Å²) in [6, 6.07) is 14.0. The Labute approximate surface area is 158 Å². The van der Waals surface area contributed by atoms with Crippen LogP contribution in [0.3, 0.4) is 0 Å². The smallest absolute Gasteiger partial charge is 0.374 e. The molecule has 0 unspecified atom stereocenters. The number of methoxy groups -OCH3 is 2. The van der Waals surface area contributed by atoms with Gasteiger partial charge < -0.3 is 18.9 Å². The van der Waals surface area contributed by atoms with Crippen molar-refractivity contribution in [1.82, 2.24) is 0 Å². The summed E-state index contributed by atoms with van der Waals surface area (Å²) in [7, 11) is 3.13. The molecule has 0 radical (unpaired) electrons. The van der Waals surface area contributed by atoms with Crippen LogP contribution in [0.5, 0.6) is 11.5 Å². The molecule has 0 N–H and O–H groups in total. The number of benzene rings is 2. The fourth-order valence-electron chi connectivity index (χ4n) is 2.25. The van der Waals surface area contributed by atoms with Gasteiger partial charge in [0.25, 0.3) is 0 Å². The number of hydrogen-bond donors (Lipinski definition) is 0. The number of carbonyl (C=O) groups is 2. The molecule has 6 nitrogen and oxygen atoms in total. The van der Waals surface area contributed by atoms with Gasteiger partial charge in [0.05, 0.1) is 27.2 Å². The van der Waals surface area contributed by atoms with Crippen molar-refractivity contribution in [2.75, 3.05) is 20.8 Å². The first kappa shape index (κ1) is 20.0. The van der Waals surface area contributed by atoms with E-state index in [-0.39, 0.29) is 18.8 Å². The monoisotopic (exact) mass is 370 g/mol. The van der Waals surface area contributed by atoms with Gasteiger partial charge in [0.15, 0.2) is 0 Å². The maximum absolute atomic E-state index is 12.3. The highest BCUT2D eigenvalue weighted by Crippen LogP contribution is 2.17. The predicted octanol–water partition coefficient (Wildman–Crippen LogP) is 3.39. The SMILES string of the molecule is CCOC(=O)/C(=C/c1ccc(OC)cc1)OC(=O)Cc1ccc(OC)cc1. The molecule has 0 aromatic heterocycles. The highest BCUT2D eigenvalue weighted by Gasteiger charge is 2.17. The molecule has 2 aromatic rings. The standard InChI is InChI=1S/C21H22O6/c1-4-26-21(23)19(13-15-5-9-17(24-2)10-6-15)27-20(22)14-16-7-11-18(25-3)12-8-16/h5-13H,4,14H2,1-3H3/b19-13-. The van der Waals surface area contributed by atoms with Crippen molar-refractivity contribution in [2.24, 2.45) is 0 Å². The van der Waals surface area contributed by atoms with Crippen molar-refractivity contribution in [3.8, 4) is 11.5 Å². The lowest BCUT2D eigenvalue weighted by Crippen LogP contribution is -2.16. The van der Waals surface area contributed by atoms with Crippen LogP contribution in [-0.2, 0) is 25.5 Å². The minimum atomic E-state index is -0.698. The first-order valence-corrected chi connectivity index (χ1v) is 8.42. The molecule has 0 aliphatic heterocycles. The highest BCUT2D eigenvalue weighted by atomic mass is 16.6. The number of ether oxygens (including phenoxy) is 4. The maximum Gasteiger partial charge on any atom is 0.374 e. The van der Waals surface area contributed by atoms with E-state index in [1.165, 1.54) is 6.08 Å². The van der Waals surface area contributed by atoms with E-state index < -0.39 is 11.9 Å². The van der Waals surface area contributed by atoms with E-state index in [9.17, 15) is 9.59 Å². The van der Waals surface area contributed by atoms with Crippen LogP contribution in [0.2, 0.25) is 0 Å². The van der Waals surface area contributed by atoms with Crippen molar-refractivity contribution in [1.29, 1.82) is 0 Å². The van der Waals surface area contributed by atoms with Gasteiger partial charge in [0.2, 0.25) is 5.76 Å². The van der Waals surface area contributed by atoms with E-state index >= 15 is 0 Å². The summed E-state index contributed by atoms with van der Waals surface area (Å²) in [6.07, 6.45) is 1.48. The van der Waals surface area contributed by atoms with E-state index in [4.69, 9.17) is 18.9 Å². The Hall–Kier alpha value is -3.28. The number of esters is 2. The second-order valence-corrected chi connectivity index (χ2v) is 5.50. The van der Waals surface area contributed by atoms with Crippen LogP contribution in [-0.4, -0.2) is 32.8 Å². The first-order chi connectivity index (χ1) is 13.0. The van der Waals surface area contributed by atoms with E-state index in [2.05, 4.69) is 0 Å². The predicted molar refractivity (Wildman–Crippen MR) is 100 cm³/mol. The molecule has 0 spiro atoms. The zero-order valence-electron chi connectivity index (χ0n) is 15.6. The maximum atomic E-state index is 12.3. The molecule has 0 heterocycles. The number of rotatable bonds is 8. The van der Waals surface area contributed by atoms with Gasteiger partial charge in [-0.1, -0.05) is 24.3 Å². The minimum Gasteiger partial charge on any atom is -0.497 e. The van der Waals surface area contributed by atoms with Crippen molar-refractivity contribution in [3.63, 3.8) is 0 Å². The summed E-state index contributed by atoms with van der Waals surface area (Å²) in [6.45, 7) is 1.86. The van der Waals surface area contributed by atoms with E-state index in [1.54, 1.807) is 69.7 Å². The van der Waals surface area contributed by atoms with Gasteiger partial charge in [-0.3, -0.25) is 4.79 Å². The quantitative estimate of drug-likeness (QED) is 0.403. The summed E-state index contributed by atoms with van der Waals surface area (Å²) in [5.74, 6) is -0.0509. The van der Waals surface area contributed by atoms with Gasteiger partial charge in [-0.05, 0) is 48.4 Å². The molecule has 6 heteroatoms. The normalized spacial score (nSPS) is 10.9. The van der Waals surface area contributed by atoms with Crippen LogP contribution in [0.25, 0.3) is 6.08 Å². The van der Waals surface area contributed by atoms with Crippen molar-refractivity contribution in [2.45, 2.75) is 13.3 Å². The van der Waals surface area contributed by atoms with Gasteiger partial charge in [-0.15, -0.1) is 0 Å². The second kappa shape index (κ2) is 10.0. The van der Waals surface area contributed by atoms with E-state index in [0.29, 0.717) is 17.1 Å². The molecule has 142 valence electrons. The zero-order valence-corrected chi connectivity index (χ0v) is 15.6. The lowest BCUT2D eigenvalue weighted by atomic mass is 10.1. The number of carbonyl (C=O) groups excluding carboxylic acids is 2. The van der Waals surface area contributed by atoms with Crippen LogP contribution in [0.15, 0.2) is 54.3 Å². The molecule has 2 aromatic carbocycles. The molecule has 0 aliphatic carbocycles. The molecule has 0 saturated heterocycles. The lowest BCUT2D eigenvalue weighted by molar-refractivity contribution is -0.150. The van der Waals surface area contributed by atoms with E-state index in [1.807, 2.05) is 0 Å². The molecule has 0 aliphatic rings. The Bertz CT molecular complexity index is 790. The summed E-state index contributed by atoms with van der Waals surface area (Å²) in [5.41, 5.74) is 1.42. The molecule has 0 atom stereocenters. The average molecular weight is 370 g/mol. The number of hydrogen-bond acceptors (Lipinski definition) is 6. The Morgan fingerprint density at radius 3 is 1.96 bits per heavy atom. The van der Waals surface area contributed by atoms with Gasteiger partial charge in [0, 0.05) is 0 Å². The van der Waals surface area contributed by atoms with Crippen LogP contribution in [0, 0.1) is 0 Å². The van der Waals surface area contributed by atoms with E-state index in [0.717, 1.165) is 5.56 Å². The van der Waals surface area contributed by atoms with Crippen LogP contribution in [0.4, 0.5) is 0 Å². The zero-order chi connectivity index (χ0) is 19.6. The fraction of sp³-hybridized carbons (Fsp3) is 0.238. The Kier molecular flexibility index (Phi) is 7.43. The Morgan fingerprint density at radius 1 is 0.889 bits per heavy atom. The molecule has 27 heavy (non-hydrogen) atoms. The van der Waals surface area contributed by atoms with Crippen LogP contribution in [0.1, 0.15) is 18.1 Å². The molecular weight excluding hydrogens is 348 g/mol. The Balaban J connectivity index is 2.13. The van der Waals surface area contributed by atoms with Crippen LogP contribution < -0.4 is 9.47 Å². The third-order valence-corrected chi connectivity index (χ3v) is 3.62. The second-order valence-electron chi connectivity index (χ2n) is 5.50. The third-order valence-electron chi connectivity index (χ3n) is 3.62. The summed E-state index contributed by atoms with van der Waals surface area (Å²) >= 11 is 0. The van der Waals surface area contributed by atoms with Crippen LogP contribution >= 0.6 is 0 Å². The lowest BCUT2D eigenvalue weighted by Gasteiger charge is -2.09. The fourth-order valence-corrected chi connectivity index (χ4v) is 2.25. The largest absolute Gasteiger partial charge is 0.497 e. The molecule has 0 fully saturated rings. The van der Waals surface area contributed by atoms with Gasteiger partial charge in [0.1, 0.15) is 11.5 Å². The van der Waals surface area contributed by atoms with Gasteiger partial charge in [-0.25, -0.2) is 4.79 Å². The summed E-state index contributed by atoms with van der Waals surface area (Å²) in [4.78, 5) is 24.4.